The summed E-state index contributed by atoms with van der Waals surface area (Å²) in [7, 11) is 0. The van der Waals surface area contributed by atoms with Crippen molar-refractivity contribution in [3.63, 3.8) is 0 Å². The normalized spacial score (nSPS) is 16.2. The largest absolute Gasteiger partial charge is 0.489 e. The van der Waals surface area contributed by atoms with Crippen LogP contribution >= 0.6 is 11.8 Å². The van der Waals surface area contributed by atoms with Gasteiger partial charge in [-0.15, -0.1) is 0 Å². The quantitative estimate of drug-likeness (QED) is 0.317. The molecule has 0 saturated heterocycles. The van der Waals surface area contributed by atoms with Gasteiger partial charge in [-0.05, 0) is 45.7 Å². The lowest BCUT2D eigenvalue weighted by atomic mass is 10.1. The lowest BCUT2D eigenvalue weighted by Crippen LogP contribution is -2.38. The summed E-state index contributed by atoms with van der Waals surface area (Å²) in [5.41, 5.74) is 3.94. The van der Waals surface area contributed by atoms with E-state index in [1.807, 2.05) is 78.2 Å². The highest BCUT2D eigenvalue weighted by Gasteiger charge is 2.36. The smallest absolute Gasteiger partial charge is 0.283 e. The van der Waals surface area contributed by atoms with Gasteiger partial charge in [0.2, 0.25) is 0 Å². The third-order valence-corrected chi connectivity index (χ3v) is 6.95. The second-order valence-corrected chi connectivity index (χ2v) is 9.26. The van der Waals surface area contributed by atoms with Crippen LogP contribution in [0, 0.1) is 5.41 Å². The maximum absolute atomic E-state index is 12.8. The van der Waals surface area contributed by atoms with Crippen molar-refractivity contribution < 1.29 is 9.53 Å². The molecule has 0 unspecified atom stereocenters. The Kier molecular flexibility index (Phi) is 5.71. The Labute approximate surface area is 212 Å². The molecule has 4 aromatic rings. The van der Waals surface area contributed by atoms with E-state index in [2.05, 4.69) is 29.3 Å². The minimum Gasteiger partial charge on any atom is -0.489 e. The number of aliphatic imine (C=N–C) groups is 1. The van der Waals surface area contributed by atoms with Crippen LogP contribution in [0.1, 0.15) is 16.7 Å². The number of benzene rings is 4. The third-order valence-electron chi connectivity index (χ3n) is 6.13. The summed E-state index contributed by atoms with van der Waals surface area (Å²) in [4.78, 5) is 18.8. The van der Waals surface area contributed by atoms with Crippen LogP contribution in [0.4, 0.5) is 0 Å². The maximum atomic E-state index is 12.8. The summed E-state index contributed by atoms with van der Waals surface area (Å²) in [6.45, 7) is 0.431. The van der Waals surface area contributed by atoms with Crippen LogP contribution in [0.5, 0.6) is 5.75 Å². The summed E-state index contributed by atoms with van der Waals surface area (Å²) >= 11 is 1.36. The molecule has 5 nitrogen and oxygen atoms in total. The van der Waals surface area contributed by atoms with Crippen molar-refractivity contribution in [3.8, 4) is 5.75 Å². The molecule has 0 spiro atoms. The maximum Gasteiger partial charge on any atom is 0.283 e. The van der Waals surface area contributed by atoms with Gasteiger partial charge in [-0.25, -0.2) is 0 Å². The molecule has 6 rings (SSSR count). The van der Waals surface area contributed by atoms with E-state index in [-0.39, 0.29) is 11.4 Å². The van der Waals surface area contributed by atoms with Gasteiger partial charge < -0.3 is 4.74 Å². The van der Waals surface area contributed by atoms with Crippen LogP contribution in [0.3, 0.4) is 0 Å². The van der Waals surface area contributed by atoms with Crippen molar-refractivity contribution in [1.29, 1.82) is 5.41 Å². The molecule has 0 radical (unpaired) electrons. The number of amidine groups is 2. The van der Waals surface area contributed by atoms with Crippen molar-refractivity contribution in [2.75, 3.05) is 0 Å². The Morgan fingerprint density at radius 2 is 1.69 bits per heavy atom. The standard InChI is InChI=1S/C30H21N3O2S/c31-28-26(29(34)32-30-33(28)27(19-36-30)22-10-2-1-3-11-22)17-20-8-6-14-24(16-20)35-18-23-13-7-12-21-9-4-5-15-25(21)23/h1-17,19,31H,18H2/b26-17-,31-28?. The van der Waals surface area contributed by atoms with Gasteiger partial charge in [0.15, 0.2) is 5.17 Å². The van der Waals surface area contributed by atoms with Crippen molar-refractivity contribution in [3.05, 3.63) is 125 Å². The number of hydrogen-bond donors (Lipinski definition) is 1. The van der Waals surface area contributed by atoms with E-state index < -0.39 is 5.91 Å². The molecule has 0 aromatic heterocycles. The first-order valence-corrected chi connectivity index (χ1v) is 12.4. The summed E-state index contributed by atoms with van der Waals surface area (Å²) in [6.07, 6.45) is 1.71. The number of rotatable bonds is 5. The predicted molar refractivity (Wildman–Crippen MR) is 147 cm³/mol. The van der Waals surface area contributed by atoms with Crippen LogP contribution in [-0.2, 0) is 11.4 Å². The Bertz CT molecular complexity index is 1600. The molecule has 1 N–H and O–H groups in total. The first kappa shape index (κ1) is 22.1. The van der Waals surface area contributed by atoms with Crippen molar-refractivity contribution in [2.45, 2.75) is 6.61 Å². The van der Waals surface area contributed by atoms with Crippen molar-refractivity contribution in [2.24, 2.45) is 4.99 Å². The average Bonchev–Trinajstić information content (AvgIpc) is 3.34. The number of thioether (sulfide) groups is 1. The van der Waals surface area contributed by atoms with Crippen LogP contribution in [0.2, 0.25) is 0 Å². The molecule has 0 bridgehead atoms. The second-order valence-electron chi connectivity index (χ2n) is 8.43. The molecule has 6 heteroatoms. The van der Waals surface area contributed by atoms with Gasteiger partial charge in [-0.3, -0.25) is 15.1 Å². The van der Waals surface area contributed by atoms with E-state index in [4.69, 9.17) is 10.1 Å². The number of nitrogens with zero attached hydrogens (tertiary/aromatic N) is 2. The molecule has 0 aliphatic carbocycles. The average molecular weight is 488 g/mol. The van der Waals surface area contributed by atoms with Gasteiger partial charge in [0.1, 0.15) is 18.2 Å². The molecule has 0 atom stereocenters. The highest BCUT2D eigenvalue weighted by Crippen LogP contribution is 2.37. The molecule has 0 saturated carbocycles. The van der Waals surface area contributed by atoms with E-state index in [9.17, 15) is 4.79 Å². The SMILES string of the molecule is N=C1/C(=C/c2cccc(OCc3cccc4ccccc34)c2)C(=O)N=C2SC=C(c3ccccc3)N12. The fourth-order valence-electron chi connectivity index (χ4n) is 4.35. The van der Waals surface area contributed by atoms with Crippen LogP contribution in [-0.4, -0.2) is 21.8 Å². The topological polar surface area (TPSA) is 65.8 Å². The lowest BCUT2D eigenvalue weighted by Gasteiger charge is -2.26. The fourth-order valence-corrected chi connectivity index (χ4v) is 5.24. The molecule has 36 heavy (non-hydrogen) atoms. The summed E-state index contributed by atoms with van der Waals surface area (Å²) in [6, 6.07) is 31.8. The fraction of sp³-hybridized carbons (Fsp3) is 0.0333. The van der Waals surface area contributed by atoms with Gasteiger partial charge >= 0.3 is 0 Å². The number of fused-ring (bicyclic) bond motifs is 2. The van der Waals surface area contributed by atoms with Gasteiger partial charge in [0.25, 0.3) is 5.91 Å². The number of amides is 1. The van der Waals surface area contributed by atoms with Gasteiger partial charge in [0, 0.05) is 5.41 Å². The molecule has 2 heterocycles. The van der Waals surface area contributed by atoms with E-state index in [0.29, 0.717) is 17.5 Å². The molecular formula is C30H21N3O2S. The molecular weight excluding hydrogens is 466 g/mol. The van der Waals surface area contributed by atoms with E-state index in [1.165, 1.54) is 22.5 Å². The van der Waals surface area contributed by atoms with Crippen LogP contribution in [0.15, 0.2) is 113 Å². The predicted octanol–water partition coefficient (Wildman–Crippen LogP) is 6.72. The Hall–Kier alpha value is -4.42. The first-order valence-electron chi connectivity index (χ1n) is 11.5. The molecule has 4 aromatic carbocycles. The Balaban J connectivity index is 1.25. The van der Waals surface area contributed by atoms with E-state index >= 15 is 0 Å². The highest BCUT2D eigenvalue weighted by molar-refractivity contribution is 8.17. The summed E-state index contributed by atoms with van der Waals surface area (Å²) in [5, 5.41) is 13.6. The zero-order valence-corrected chi connectivity index (χ0v) is 20.0. The number of hydrogen-bond acceptors (Lipinski definition) is 4. The second kappa shape index (κ2) is 9.32. The highest BCUT2D eigenvalue weighted by atomic mass is 32.2. The molecule has 0 fully saturated rings. The minimum atomic E-state index is -0.413. The molecule has 1 amide bonds. The lowest BCUT2D eigenvalue weighted by molar-refractivity contribution is -0.114. The number of carbonyl (C=O) groups is 1. The Morgan fingerprint density at radius 1 is 0.917 bits per heavy atom. The first-order chi connectivity index (χ1) is 17.7. The zero-order valence-electron chi connectivity index (χ0n) is 19.2. The van der Waals surface area contributed by atoms with Crippen molar-refractivity contribution >= 4 is 51.2 Å². The number of nitrogens with one attached hydrogen (secondary N) is 1. The van der Waals surface area contributed by atoms with E-state index in [1.54, 1.807) is 11.0 Å². The van der Waals surface area contributed by atoms with Gasteiger partial charge in [-0.1, -0.05) is 96.7 Å². The molecule has 174 valence electrons. The third kappa shape index (κ3) is 4.12. The van der Waals surface area contributed by atoms with Gasteiger partial charge in [0.05, 0.1) is 11.3 Å². The van der Waals surface area contributed by atoms with Crippen molar-refractivity contribution in [1.82, 2.24) is 4.90 Å². The zero-order chi connectivity index (χ0) is 24.5. The van der Waals surface area contributed by atoms with Crippen LogP contribution < -0.4 is 4.74 Å². The molecule has 2 aliphatic heterocycles. The number of ether oxygens (including phenoxy) is 1. The Morgan fingerprint density at radius 3 is 2.58 bits per heavy atom. The van der Waals surface area contributed by atoms with Crippen LogP contribution in [0.25, 0.3) is 22.5 Å². The molecule has 2 aliphatic rings. The van der Waals surface area contributed by atoms with E-state index in [0.717, 1.165) is 22.4 Å². The minimum absolute atomic E-state index is 0.118. The monoisotopic (exact) mass is 487 g/mol. The van der Waals surface area contributed by atoms with Gasteiger partial charge in [-0.2, -0.15) is 4.99 Å². The number of carbonyl (C=O) groups excluding carboxylic acids is 1. The summed E-state index contributed by atoms with van der Waals surface area (Å²) in [5.74, 6) is 0.397. The summed E-state index contributed by atoms with van der Waals surface area (Å²) < 4.78 is 6.11.